The summed E-state index contributed by atoms with van der Waals surface area (Å²) in [7, 11) is 1.39. The fourth-order valence-corrected chi connectivity index (χ4v) is 4.02. The Hall–Kier alpha value is -2.89. The second-order valence-electron chi connectivity index (χ2n) is 7.44. The first-order valence-corrected chi connectivity index (χ1v) is 10.0. The molecule has 1 aromatic carbocycles. The molecule has 2 heterocycles. The maximum atomic E-state index is 13.0. The van der Waals surface area contributed by atoms with Gasteiger partial charge in [0, 0.05) is 32.5 Å². The Morgan fingerprint density at radius 2 is 1.76 bits per heavy atom. The van der Waals surface area contributed by atoms with Gasteiger partial charge in [0.15, 0.2) is 11.4 Å². The summed E-state index contributed by atoms with van der Waals surface area (Å²) in [6, 6.07) is 15.2. The van der Waals surface area contributed by atoms with Gasteiger partial charge in [0.2, 0.25) is 0 Å². The van der Waals surface area contributed by atoms with Gasteiger partial charge in [0.1, 0.15) is 5.92 Å². The molecule has 6 nitrogen and oxygen atoms in total. The second-order valence-corrected chi connectivity index (χ2v) is 7.44. The van der Waals surface area contributed by atoms with Crippen LogP contribution in [0.15, 0.2) is 48.5 Å². The molecular weight excluding hydrogens is 368 g/mol. The molecule has 1 amide bonds. The van der Waals surface area contributed by atoms with Gasteiger partial charge in [-0.15, -0.1) is 0 Å². The fraction of sp³-hybridized carbons (Fsp3) is 0.435. The van der Waals surface area contributed by atoms with Gasteiger partial charge in [-0.05, 0) is 30.9 Å². The molecule has 1 fully saturated rings. The molecule has 2 aromatic rings. The summed E-state index contributed by atoms with van der Waals surface area (Å²) < 4.78 is 12.7. The van der Waals surface area contributed by atoms with Crippen molar-refractivity contribution in [3.8, 4) is 0 Å². The Bertz CT molecular complexity index is 833. The molecule has 0 aliphatic carbocycles. The van der Waals surface area contributed by atoms with E-state index in [-0.39, 0.29) is 18.7 Å². The molecule has 1 saturated heterocycles. The highest BCUT2D eigenvalue weighted by molar-refractivity contribution is 5.80. The van der Waals surface area contributed by atoms with E-state index < -0.39 is 12.0 Å². The van der Waals surface area contributed by atoms with E-state index in [1.54, 1.807) is 4.90 Å². The quantitative estimate of drug-likeness (QED) is 0.572. The number of methoxy groups -OCH3 is 1. The van der Waals surface area contributed by atoms with Crippen LogP contribution in [0, 0.1) is 13.8 Å². The van der Waals surface area contributed by atoms with E-state index in [2.05, 4.69) is 0 Å². The molecule has 2 atom stereocenters. The smallest absolute Gasteiger partial charge is 0.414 e. The largest absolute Gasteiger partial charge is 0.468 e. The number of likely N-dealkylation sites (tertiary alicyclic amines) is 1. The number of aryl methyl sites for hydroxylation is 2. The summed E-state index contributed by atoms with van der Waals surface area (Å²) in [5.41, 5.74) is 2.89. The lowest BCUT2D eigenvalue weighted by Crippen LogP contribution is -2.51. The first-order valence-electron chi connectivity index (χ1n) is 10.0. The number of benzene rings is 1. The molecule has 1 aromatic heterocycles. The maximum absolute atomic E-state index is 13.0. The van der Waals surface area contributed by atoms with Crippen LogP contribution in [-0.4, -0.2) is 36.7 Å². The molecule has 1 aliphatic heterocycles. The van der Waals surface area contributed by atoms with Gasteiger partial charge in [0.05, 0.1) is 13.2 Å². The van der Waals surface area contributed by atoms with Crippen molar-refractivity contribution in [3.63, 3.8) is 0 Å². The predicted octanol–water partition coefficient (Wildman–Crippen LogP) is 3.50. The van der Waals surface area contributed by atoms with Crippen LogP contribution in [0.4, 0.5) is 4.79 Å². The van der Waals surface area contributed by atoms with Gasteiger partial charge in [-0.3, -0.25) is 4.79 Å². The SMILES string of the molecule is COC(=O)[C@H](c1ccccc1)[C@H]1CCCCN1C(=O)OC[n+]1c(C)cccc1C. The molecule has 0 spiro atoms. The van der Waals surface area contributed by atoms with Crippen molar-refractivity contribution in [3.05, 3.63) is 65.5 Å². The topological polar surface area (TPSA) is 59.7 Å². The number of ether oxygens (including phenoxy) is 2. The number of piperidine rings is 1. The summed E-state index contributed by atoms with van der Waals surface area (Å²) in [5.74, 6) is -0.855. The Morgan fingerprint density at radius 1 is 1.07 bits per heavy atom. The Kier molecular flexibility index (Phi) is 6.86. The normalized spacial score (nSPS) is 17.5. The number of nitrogens with zero attached hydrogens (tertiary/aromatic N) is 2. The highest BCUT2D eigenvalue weighted by Gasteiger charge is 2.39. The van der Waals surface area contributed by atoms with Crippen LogP contribution < -0.4 is 4.57 Å². The van der Waals surface area contributed by atoms with E-state index in [0.29, 0.717) is 6.54 Å². The van der Waals surface area contributed by atoms with Crippen molar-refractivity contribution in [2.45, 2.75) is 51.8 Å². The lowest BCUT2D eigenvalue weighted by Gasteiger charge is -2.38. The van der Waals surface area contributed by atoms with Gasteiger partial charge in [-0.2, -0.15) is 4.57 Å². The van der Waals surface area contributed by atoms with Gasteiger partial charge in [0.25, 0.3) is 6.73 Å². The minimum Gasteiger partial charge on any atom is -0.468 e. The second kappa shape index (κ2) is 9.54. The summed E-state index contributed by atoms with van der Waals surface area (Å²) in [6.07, 6.45) is 2.20. The third-order valence-corrected chi connectivity index (χ3v) is 5.63. The van der Waals surface area contributed by atoms with Gasteiger partial charge >= 0.3 is 12.1 Å². The van der Waals surface area contributed by atoms with Crippen molar-refractivity contribution in [2.24, 2.45) is 0 Å². The van der Waals surface area contributed by atoms with Crippen molar-refractivity contribution in [2.75, 3.05) is 13.7 Å². The lowest BCUT2D eigenvalue weighted by molar-refractivity contribution is -0.738. The fourth-order valence-electron chi connectivity index (χ4n) is 4.02. The maximum Gasteiger partial charge on any atom is 0.414 e. The van der Waals surface area contributed by atoms with Crippen LogP contribution in [0.2, 0.25) is 0 Å². The van der Waals surface area contributed by atoms with Crippen LogP contribution in [-0.2, 0) is 21.0 Å². The zero-order valence-corrected chi connectivity index (χ0v) is 17.3. The van der Waals surface area contributed by atoms with Crippen LogP contribution in [0.25, 0.3) is 0 Å². The van der Waals surface area contributed by atoms with E-state index in [1.807, 2.05) is 66.9 Å². The molecule has 29 heavy (non-hydrogen) atoms. The van der Waals surface area contributed by atoms with Crippen molar-refractivity contribution in [1.82, 2.24) is 4.90 Å². The number of rotatable bonds is 5. The molecule has 0 saturated carbocycles. The van der Waals surface area contributed by atoms with Gasteiger partial charge < -0.3 is 14.4 Å². The van der Waals surface area contributed by atoms with E-state index in [4.69, 9.17) is 9.47 Å². The van der Waals surface area contributed by atoms with Crippen LogP contribution in [0.5, 0.6) is 0 Å². The average molecular weight is 397 g/mol. The standard InChI is InChI=1S/C23H29N2O4/c1-17-10-9-11-18(2)25(17)16-29-23(27)24-15-8-7-14-20(24)21(22(26)28-3)19-12-5-4-6-13-19/h4-6,9-13,20-21H,7-8,14-16H2,1-3H3/q+1/t20-,21-/m1/s1. The zero-order valence-electron chi connectivity index (χ0n) is 17.3. The number of aromatic nitrogens is 1. The molecule has 0 unspecified atom stereocenters. The number of carbonyl (C=O) groups excluding carboxylic acids is 2. The van der Waals surface area contributed by atoms with Gasteiger partial charge in [-0.1, -0.05) is 30.3 Å². The minimum atomic E-state index is -0.526. The summed E-state index contributed by atoms with van der Waals surface area (Å²) in [5, 5.41) is 0. The molecule has 154 valence electrons. The van der Waals surface area contributed by atoms with Crippen LogP contribution >= 0.6 is 0 Å². The number of carbonyl (C=O) groups is 2. The third kappa shape index (κ3) is 4.75. The molecule has 0 radical (unpaired) electrons. The van der Waals surface area contributed by atoms with Crippen LogP contribution in [0.3, 0.4) is 0 Å². The molecule has 0 N–H and O–H groups in total. The number of hydrogen-bond donors (Lipinski definition) is 0. The first kappa shape index (κ1) is 20.8. The molecular formula is C23H29N2O4+. The average Bonchev–Trinajstić information content (AvgIpc) is 2.74. The summed E-state index contributed by atoms with van der Waals surface area (Å²) >= 11 is 0. The molecule has 1 aliphatic rings. The lowest BCUT2D eigenvalue weighted by atomic mass is 9.85. The number of hydrogen-bond acceptors (Lipinski definition) is 4. The van der Waals surface area contributed by atoms with Crippen molar-refractivity contribution < 1.29 is 23.6 Å². The minimum absolute atomic E-state index is 0.148. The molecule has 3 rings (SSSR count). The molecule has 0 bridgehead atoms. The van der Waals surface area contributed by atoms with E-state index >= 15 is 0 Å². The first-order chi connectivity index (χ1) is 14.0. The van der Waals surface area contributed by atoms with Crippen molar-refractivity contribution >= 4 is 12.1 Å². The Morgan fingerprint density at radius 3 is 2.41 bits per heavy atom. The Labute approximate surface area is 172 Å². The molecule has 6 heteroatoms. The number of pyridine rings is 1. The highest BCUT2D eigenvalue weighted by Crippen LogP contribution is 2.32. The zero-order chi connectivity index (χ0) is 20.8. The summed E-state index contributed by atoms with van der Waals surface area (Å²) in [6.45, 7) is 4.68. The third-order valence-electron chi connectivity index (χ3n) is 5.63. The summed E-state index contributed by atoms with van der Waals surface area (Å²) in [4.78, 5) is 27.3. The van der Waals surface area contributed by atoms with E-state index in [9.17, 15) is 9.59 Å². The van der Waals surface area contributed by atoms with Crippen molar-refractivity contribution in [1.29, 1.82) is 0 Å². The van der Waals surface area contributed by atoms with Crippen LogP contribution in [0.1, 0.15) is 42.1 Å². The number of amides is 1. The van der Waals surface area contributed by atoms with E-state index in [0.717, 1.165) is 36.2 Å². The predicted molar refractivity (Wildman–Crippen MR) is 108 cm³/mol. The van der Waals surface area contributed by atoms with E-state index in [1.165, 1.54) is 7.11 Å². The van der Waals surface area contributed by atoms with Gasteiger partial charge in [-0.25, -0.2) is 4.79 Å². The monoisotopic (exact) mass is 397 g/mol. The highest BCUT2D eigenvalue weighted by atomic mass is 16.6. The Balaban J connectivity index is 1.80. The number of esters is 1.